The Balaban J connectivity index is 1.72. The van der Waals surface area contributed by atoms with E-state index >= 15 is 0 Å². The fourth-order valence-electron chi connectivity index (χ4n) is 2.48. The lowest BCUT2D eigenvalue weighted by Crippen LogP contribution is -2.34. The van der Waals surface area contributed by atoms with Crippen molar-refractivity contribution >= 4 is 5.91 Å². The molecule has 6 nitrogen and oxygen atoms in total. The maximum Gasteiger partial charge on any atom is 0.276 e. The number of H-pyrrole nitrogens is 1. The van der Waals surface area contributed by atoms with Crippen molar-refractivity contribution in [3.8, 4) is 0 Å². The van der Waals surface area contributed by atoms with Crippen LogP contribution in [0.3, 0.4) is 0 Å². The zero-order chi connectivity index (χ0) is 10.3. The average molecular weight is 207 g/mol. The van der Waals surface area contributed by atoms with E-state index in [0.29, 0.717) is 17.7 Å². The molecule has 2 aliphatic rings. The minimum Gasteiger partial charge on any atom is -0.335 e. The number of hydrogen-bond donors (Lipinski definition) is 2. The lowest BCUT2D eigenvalue weighted by molar-refractivity contribution is 0.0777. The third-order valence-corrected chi connectivity index (χ3v) is 3.28. The van der Waals surface area contributed by atoms with E-state index < -0.39 is 0 Å². The molecule has 2 aliphatic heterocycles. The van der Waals surface area contributed by atoms with Crippen LogP contribution in [-0.4, -0.2) is 51.9 Å². The van der Waals surface area contributed by atoms with Gasteiger partial charge in [-0.3, -0.25) is 4.79 Å². The molecule has 15 heavy (non-hydrogen) atoms. The molecule has 0 spiro atoms. The monoisotopic (exact) mass is 207 g/mol. The molecule has 0 saturated carbocycles. The SMILES string of the molecule is O=C(c1cn[nH]n1)N1C[C@@H]2CCN[C@@H]2C1. The third kappa shape index (κ3) is 1.41. The molecule has 2 N–H and O–H groups in total. The maximum atomic E-state index is 11.9. The second-order valence-corrected chi connectivity index (χ2v) is 4.17. The molecule has 1 aromatic rings. The summed E-state index contributed by atoms with van der Waals surface area (Å²) in [4.78, 5) is 13.8. The fourth-order valence-corrected chi connectivity index (χ4v) is 2.48. The quantitative estimate of drug-likeness (QED) is 0.634. The molecule has 0 unspecified atom stereocenters. The summed E-state index contributed by atoms with van der Waals surface area (Å²) >= 11 is 0. The highest BCUT2D eigenvalue weighted by Crippen LogP contribution is 2.25. The average Bonchev–Trinajstić information content (AvgIpc) is 2.92. The second-order valence-electron chi connectivity index (χ2n) is 4.17. The van der Waals surface area contributed by atoms with Crippen molar-refractivity contribution in [3.63, 3.8) is 0 Å². The van der Waals surface area contributed by atoms with Crippen LogP contribution in [-0.2, 0) is 0 Å². The predicted octanol–water partition coefficient (Wildman–Crippen LogP) is -0.761. The molecule has 0 bridgehead atoms. The van der Waals surface area contributed by atoms with E-state index in [-0.39, 0.29) is 5.91 Å². The molecule has 1 amide bonds. The van der Waals surface area contributed by atoms with E-state index in [1.54, 1.807) is 0 Å². The number of aromatic nitrogens is 3. The van der Waals surface area contributed by atoms with Crippen LogP contribution in [0.2, 0.25) is 0 Å². The maximum absolute atomic E-state index is 11.9. The first-order valence-electron chi connectivity index (χ1n) is 5.23. The zero-order valence-corrected chi connectivity index (χ0v) is 8.31. The summed E-state index contributed by atoms with van der Waals surface area (Å²) in [7, 11) is 0. The van der Waals surface area contributed by atoms with E-state index in [2.05, 4.69) is 20.7 Å². The van der Waals surface area contributed by atoms with Gasteiger partial charge in [0.1, 0.15) is 0 Å². The molecule has 2 saturated heterocycles. The molecule has 3 rings (SSSR count). The summed E-state index contributed by atoms with van der Waals surface area (Å²) in [6.45, 7) is 2.74. The van der Waals surface area contributed by atoms with Gasteiger partial charge in [0.15, 0.2) is 5.69 Å². The van der Waals surface area contributed by atoms with Gasteiger partial charge in [-0.15, -0.1) is 0 Å². The number of hydrogen-bond acceptors (Lipinski definition) is 4. The van der Waals surface area contributed by atoms with E-state index in [1.807, 2.05) is 4.90 Å². The number of fused-ring (bicyclic) bond motifs is 1. The molecule has 0 aliphatic carbocycles. The Hall–Kier alpha value is -1.43. The van der Waals surface area contributed by atoms with Crippen molar-refractivity contribution in [1.82, 2.24) is 25.6 Å². The van der Waals surface area contributed by atoms with Crippen molar-refractivity contribution < 1.29 is 4.79 Å². The fraction of sp³-hybridized carbons (Fsp3) is 0.667. The van der Waals surface area contributed by atoms with Crippen LogP contribution < -0.4 is 5.32 Å². The Bertz CT molecular complexity index is 351. The van der Waals surface area contributed by atoms with Crippen molar-refractivity contribution in [3.05, 3.63) is 11.9 Å². The van der Waals surface area contributed by atoms with Crippen LogP contribution in [0.5, 0.6) is 0 Å². The summed E-state index contributed by atoms with van der Waals surface area (Å²) in [5, 5.41) is 13.3. The first-order chi connectivity index (χ1) is 7.34. The lowest BCUT2D eigenvalue weighted by atomic mass is 10.1. The van der Waals surface area contributed by atoms with Crippen LogP contribution in [0.1, 0.15) is 16.9 Å². The van der Waals surface area contributed by atoms with E-state index in [0.717, 1.165) is 19.6 Å². The predicted molar refractivity (Wildman–Crippen MR) is 52.2 cm³/mol. The van der Waals surface area contributed by atoms with Crippen molar-refractivity contribution in [2.45, 2.75) is 12.5 Å². The Kier molecular flexibility index (Phi) is 1.95. The van der Waals surface area contributed by atoms with E-state index in [1.165, 1.54) is 12.6 Å². The summed E-state index contributed by atoms with van der Waals surface area (Å²) < 4.78 is 0. The third-order valence-electron chi connectivity index (χ3n) is 3.28. The highest BCUT2D eigenvalue weighted by atomic mass is 16.2. The van der Waals surface area contributed by atoms with E-state index in [9.17, 15) is 4.79 Å². The molecule has 1 aromatic heterocycles. The minimum atomic E-state index is -0.0139. The van der Waals surface area contributed by atoms with Gasteiger partial charge < -0.3 is 10.2 Å². The number of rotatable bonds is 1. The highest BCUT2D eigenvalue weighted by molar-refractivity contribution is 5.92. The number of aromatic amines is 1. The van der Waals surface area contributed by atoms with Gasteiger partial charge in [-0.1, -0.05) is 0 Å². The lowest BCUT2D eigenvalue weighted by Gasteiger charge is -2.15. The van der Waals surface area contributed by atoms with Gasteiger partial charge in [-0.05, 0) is 18.9 Å². The molecule has 0 radical (unpaired) electrons. The summed E-state index contributed by atoms with van der Waals surface area (Å²) in [5.74, 6) is 0.612. The van der Waals surface area contributed by atoms with E-state index in [4.69, 9.17) is 0 Å². The molecule has 2 atom stereocenters. The van der Waals surface area contributed by atoms with Crippen LogP contribution in [0.4, 0.5) is 0 Å². The first kappa shape index (κ1) is 8.84. The normalized spacial score (nSPS) is 29.5. The topological polar surface area (TPSA) is 73.9 Å². The molecular formula is C9H13N5O. The molecule has 80 valence electrons. The number of nitrogens with zero attached hydrogens (tertiary/aromatic N) is 3. The smallest absolute Gasteiger partial charge is 0.276 e. The second kappa shape index (κ2) is 3.30. The van der Waals surface area contributed by atoms with Gasteiger partial charge in [-0.25, -0.2) is 0 Å². The summed E-state index contributed by atoms with van der Waals surface area (Å²) in [6.07, 6.45) is 2.65. The summed E-state index contributed by atoms with van der Waals surface area (Å²) in [6, 6.07) is 0.487. The number of carbonyl (C=O) groups excluding carboxylic acids is 1. The molecule has 6 heteroatoms. The minimum absolute atomic E-state index is 0.0139. The standard InChI is InChI=1S/C9H13N5O/c15-9(7-3-11-13-12-7)14-4-6-1-2-10-8(6)5-14/h3,6,8,10H,1-2,4-5H2,(H,11,12,13)/t6-,8+/m0/s1. The molecule has 0 aromatic carbocycles. The molecule has 3 heterocycles. The van der Waals surface area contributed by atoms with Gasteiger partial charge in [-0.2, -0.15) is 15.4 Å². The van der Waals surface area contributed by atoms with Crippen LogP contribution in [0.25, 0.3) is 0 Å². The van der Waals surface area contributed by atoms with Gasteiger partial charge in [0.25, 0.3) is 5.91 Å². The number of likely N-dealkylation sites (tertiary alicyclic amines) is 1. The first-order valence-corrected chi connectivity index (χ1v) is 5.23. The van der Waals surface area contributed by atoms with Crippen LogP contribution in [0.15, 0.2) is 6.20 Å². The largest absolute Gasteiger partial charge is 0.335 e. The van der Waals surface area contributed by atoms with Gasteiger partial charge in [0.05, 0.1) is 6.20 Å². The van der Waals surface area contributed by atoms with Crippen molar-refractivity contribution in [2.24, 2.45) is 5.92 Å². The molecule has 2 fully saturated rings. The Morgan fingerprint density at radius 2 is 2.47 bits per heavy atom. The Morgan fingerprint density at radius 3 is 3.20 bits per heavy atom. The van der Waals surface area contributed by atoms with Gasteiger partial charge >= 0.3 is 0 Å². The van der Waals surface area contributed by atoms with Gasteiger partial charge in [0.2, 0.25) is 0 Å². The number of carbonyl (C=O) groups is 1. The van der Waals surface area contributed by atoms with Crippen LogP contribution in [0, 0.1) is 5.92 Å². The summed E-state index contributed by atoms with van der Waals surface area (Å²) in [5.41, 5.74) is 0.412. The highest BCUT2D eigenvalue weighted by Gasteiger charge is 2.38. The van der Waals surface area contributed by atoms with Crippen molar-refractivity contribution in [1.29, 1.82) is 0 Å². The van der Waals surface area contributed by atoms with Crippen LogP contribution >= 0.6 is 0 Å². The number of amides is 1. The Labute approximate surface area is 87.0 Å². The van der Waals surface area contributed by atoms with Gasteiger partial charge in [0, 0.05) is 19.1 Å². The Morgan fingerprint density at radius 1 is 1.53 bits per heavy atom. The van der Waals surface area contributed by atoms with Crippen molar-refractivity contribution in [2.75, 3.05) is 19.6 Å². The number of nitrogens with one attached hydrogen (secondary N) is 2. The zero-order valence-electron chi connectivity index (χ0n) is 8.31. The molecular weight excluding hydrogens is 194 g/mol.